The molecular weight excluding hydrogens is 380 g/mol. The quantitative estimate of drug-likeness (QED) is 0.695. The molecule has 0 saturated carbocycles. The Morgan fingerprint density at radius 3 is 2.59 bits per heavy atom. The van der Waals surface area contributed by atoms with E-state index in [-0.39, 0.29) is 5.91 Å². The molecule has 0 aliphatic carbocycles. The predicted octanol–water partition coefficient (Wildman–Crippen LogP) is 4.12. The molecule has 3 heterocycles. The van der Waals surface area contributed by atoms with Crippen molar-refractivity contribution in [3.8, 4) is 11.3 Å². The number of benzene rings is 1. The summed E-state index contributed by atoms with van der Waals surface area (Å²) < 4.78 is 0. The van der Waals surface area contributed by atoms with Crippen LogP contribution in [0.4, 0.5) is 0 Å². The van der Waals surface area contributed by atoms with E-state index >= 15 is 0 Å². The molecule has 0 fully saturated rings. The predicted molar refractivity (Wildman–Crippen MR) is 117 cm³/mol. The van der Waals surface area contributed by atoms with Gasteiger partial charge in [0.25, 0.3) is 5.91 Å². The second-order valence-corrected chi connectivity index (χ2v) is 8.04. The van der Waals surface area contributed by atoms with Gasteiger partial charge in [-0.3, -0.25) is 14.8 Å². The number of hydrogen-bond donors (Lipinski definition) is 1. The number of nitrogens with two attached hydrogens (primary N) is 1. The van der Waals surface area contributed by atoms with Crippen LogP contribution in [0.3, 0.4) is 0 Å². The van der Waals surface area contributed by atoms with Gasteiger partial charge in [0.05, 0.1) is 11.4 Å². The summed E-state index contributed by atoms with van der Waals surface area (Å²) >= 11 is 1.45. The molecule has 29 heavy (non-hydrogen) atoms. The largest absolute Gasteiger partial charge is 0.367 e. The highest BCUT2D eigenvalue weighted by atomic mass is 32.2. The average molecular weight is 403 g/mol. The van der Waals surface area contributed by atoms with E-state index in [1.165, 1.54) is 11.8 Å². The average Bonchev–Trinajstić information content (AvgIpc) is 3.12. The molecule has 0 bridgehead atoms. The third kappa shape index (κ3) is 4.03. The zero-order chi connectivity index (χ0) is 20.4. The molecule has 5 nitrogen and oxygen atoms in total. The van der Waals surface area contributed by atoms with Gasteiger partial charge in [0, 0.05) is 30.2 Å². The number of primary amides is 1. The Morgan fingerprint density at radius 1 is 1.10 bits per heavy atom. The molecule has 4 rings (SSSR count). The van der Waals surface area contributed by atoms with Crippen molar-refractivity contribution in [1.82, 2.24) is 14.9 Å². The van der Waals surface area contributed by atoms with Gasteiger partial charge in [0.2, 0.25) is 0 Å². The monoisotopic (exact) mass is 402 g/mol. The van der Waals surface area contributed by atoms with Gasteiger partial charge in [-0.15, -0.1) is 0 Å². The van der Waals surface area contributed by atoms with E-state index in [1.807, 2.05) is 61.0 Å². The highest BCUT2D eigenvalue weighted by Crippen LogP contribution is 2.38. The van der Waals surface area contributed by atoms with Crippen molar-refractivity contribution in [1.29, 1.82) is 0 Å². The van der Waals surface area contributed by atoms with Gasteiger partial charge in [-0.1, -0.05) is 48.2 Å². The molecule has 146 valence electrons. The molecule has 1 unspecified atom stereocenters. The lowest BCUT2D eigenvalue weighted by molar-refractivity contribution is -0.119. The van der Waals surface area contributed by atoms with Crippen molar-refractivity contribution in [2.45, 2.75) is 25.8 Å². The number of aryl methyl sites for hydroxylation is 2. The van der Waals surface area contributed by atoms with E-state index in [2.05, 4.69) is 22.9 Å². The van der Waals surface area contributed by atoms with E-state index in [4.69, 9.17) is 10.7 Å². The Labute approximate surface area is 174 Å². The van der Waals surface area contributed by atoms with Crippen LogP contribution in [-0.4, -0.2) is 26.1 Å². The lowest BCUT2D eigenvalue weighted by Gasteiger charge is -2.27. The van der Waals surface area contributed by atoms with Crippen LogP contribution in [0.25, 0.3) is 17.0 Å². The minimum absolute atomic E-state index is 0.342. The van der Waals surface area contributed by atoms with Crippen LogP contribution in [0.1, 0.15) is 22.4 Å². The molecule has 0 radical (unpaired) electrons. The summed E-state index contributed by atoms with van der Waals surface area (Å²) in [5, 5.41) is 1.59. The molecule has 0 spiro atoms. The summed E-state index contributed by atoms with van der Waals surface area (Å²) in [5.41, 5.74) is 12.8. The number of nitrogens with zero attached hydrogens (tertiary/aromatic N) is 3. The van der Waals surface area contributed by atoms with E-state index in [1.54, 1.807) is 6.20 Å². The highest BCUT2D eigenvalue weighted by molar-refractivity contribution is 8.03. The smallest absolute Gasteiger partial charge is 0.251 e. The number of aromatic nitrogens is 2. The van der Waals surface area contributed by atoms with Crippen LogP contribution in [-0.2, 0) is 11.3 Å². The van der Waals surface area contributed by atoms with Gasteiger partial charge in [0.15, 0.2) is 5.37 Å². The van der Waals surface area contributed by atoms with Crippen LogP contribution in [0.15, 0.2) is 66.3 Å². The SMILES string of the molecule is Cc1cc(-c2ncc(CN3C(c4ccccc4)=CSC3C(N)=O)cc2C)ccn1. The first-order valence-electron chi connectivity index (χ1n) is 9.38. The van der Waals surface area contributed by atoms with Crippen LogP contribution in [0.2, 0.25) is 0 Å². The summed E-state index contributed by atoms with van der Waals surface area (Å²) in [7, 11) is 0. The maximum atomic E-state index is 12.0. The van der Waals surface area contributed by atoms with Gasteiger partial charge in [-0.25, -0.2) is 0 Å². The molecule has 1 atom stereocenters. The molecule has 0 saturated heterocycles. The lowest BCUT2D eigenvalue weighted by atomic mass is 10.0. The summed E-state index contributed by atoms with van der Waals surface area (Å²) in [6, 6.07) is 16.2. The number of rotatable bonds is 5. The number of pyridine rings is 2. The number of carbonyl (C=O) groups excluding carboxylic acids is 1. The Balaban J connectivity index is 1.63. The van der Waals surface area contributed by atoms with E-state index < -0.39 is 5.37 Å². The summed E-state index contributed by atoms with van der Waals surface area (Å²) in [6.07, 6.45) is 3.68. The first kappa shape index (κ1) is 19.2. The normalized spacial score (nSPS) is 16.0. The minimum atomic E-state index is -0.423. The van der Waals surface area contributed by atoms with Crippen LogP contribution >= 0.6 is 11.8 Å². The maximum Gasteiger partial charge on any atom is 0.251 e. The number of thioether (sulfide) groups is 1. The number of carbonyl (C=O) groups is 1. The molecule has 3 aromatic rings. The minimum Gasteiger partial charge on any atom is -0.367 e. The second-order valence-electron chi connectivity index (χ2n) is 7.08. The van der Waals surface area contributed by atoms with Crippen molar-refractivity contribution in [2.24, 2.45) is 5.73 Å². The van der Waals surface area contributed by atoms with E-state index in [0.29, 0.717) is 6.54 Å². The molecule has 6 heteroatoms. The third-order valence-electron chi connectivity index (χ3n) is 4.87. The Hall–Kier alpha value is -3.12. The van der Waals surface area contributed by atoms with Gasteiger partial charge in [0.1, 0.15) is 0 Å². The first-order chi connectivity index (χ1) is 14.0. The van der Waals surface area contributed by atoms with Crippen molar-refractivity contribution < 1.29 is 4.79 Å². The van der Waals surface area contributed by atoms with Crippen molar-refractivity contribution in [3.63, 3.8) is 0 Å². The van der Waals surface area contributed by atoms with Gasteiger partial charge >= 0.3 is 0 Å². The third-order valence-corrected chi connectivity index (χ3v) is 5.98. The maximum absolute atomic E-state index is 12.0. The molecule has 1 aromatic carbocycles. The summed E-state index contributed by atoms with van der Waals surface area (Å²) in [5.74, 6) is -0.342. The Bertz CT molecular complexity index is 1080. The molecule has 1 aliphatic rings. The van der Waals surface area contributed by atoms with Crippen LogP contribution < -0.4 is 5.73 Å². The Morgan fingerprint density at radius 2 is 1.90 bits per heavy atom. The second kappa shape index (κ2) is 8.09. The van der Waals surface area contributed by atoms with E-state index in [0.717, 1.165) is 39.3 Å². The molecule has 1 aliphatic heterocycles. The lowest BCUT2D eigenvalue weighted by Crippen LogP contribution is -2.38. The fourth-order valence-corrected chi connectivity index (χ4v) is 4.54. The summed E-state index contributed by atoms with van der Waals surface area (Å²) in [4.78, 5) is 23.0. The zero-order valence-corrected chi connectivity index (χ0v) is 17.2. The molecule has 1 amide bonds. The van der Waals surface area contributed by atoms with Gasteiger partial charge < -0.3 is 10.6 Å². The van der Waals surface area contributed by atoms with Gasteiger partial charge in [-0.2, -0.15) is 0 Å². The standard InChI is InChI=1S/C23H22N4OS/c1-15-10-17(12-26-21(15)19-8-9-25-16(2)11-19)13-27-20(14-29-23(27)22(24)28)18-6-4-3-5-7-18/h3-12,14,23H,13H2,1-2H3,(H2,24,28). The molecule has 2 N–H and O–H groups in total. The fourth-order valence-electron chi connectivity index (χ4n) is 3.54. The topological polar surface area (TPSA) is 72.1 Å². The molecular formula is C23H22N4OS. The summed E-state index contributed by atoms with van der Waals surface area (Å²) in [6.45, 7) is 4.59. The zero-order valence-electron chi connectivity index (χ0n) is 16.4. The van der Waals surface area contributed by atoms with E-state index in [9.17, 15) is 4.79 Å². The van der Waals surface area contributed by atoms with Crippen molar-refractivity contribution in [3.05, 3.63) is 88.7 Å². The fraction of sp³-hybridized carbons (Fsp3) is 0.174. The van der Waals surface area contributed by atoms with Crippen LogP contribution in [0, 0.1) is 13.8 Å². The highest BCUT2D eigenvalue weighted by Gasteiger charge is 2.31. The Kier molecular flexibility index (Phi) is 5.36. The van der Waals surface area contributed by atoms with Crippen molar-refractivity contribution in [2.75, 3.05) is 0 Å². The van der Waals surface area contributed by atoms with Gasteiger partial charge in [-0.05, 0) is 48.1 Å². The first-order valence-corrected chi connectivity index (χ1v) is 10.3. The van der Waals surface area contributed by atoms with Crippen LogP contribution in [0.5, 0.6) is 0 Å². The van der Waals surface area contributed by atoms with Crippen molar-refractivity contribution >= 4 is 23.4 Å². The number of amides is 1. The number of hydrogen-bond acceptors (Lipinski definition) is 5. The molecule has 2 aromatic heterocycles.